The molecular weight excluding hydrogens is 238 g/mol. The van der Waals surface area contributed by atoms with Gasteiger partial charge in [-0.15, -0.1) is 0 Å². The van der Waals surface area contributed by atoms with E-state index in [1.54, 1.807) is 0 Å². The highest BCUT2D eigenvalue weighted by Gasteiger charge is 2.18. The molecule has 1 rings (SSSR count). The molecule has 1 N–H and O–H groups in total. The van der Waals surface area contributed by atoms with Crippen molar-refractivity contribution in [2.24, 2.45) is 0 Å². The second kappa shape index (κ2) is 8.16. The van der Waals surface area contributed by atoms with Crippen molar-refractivity contribution in [3.8, 4) is 0 Å². The Balaban J connectivity index is 2.05. The fourth-order valence-corrected chi connectivity index (χ4v) is 2.67. The number of likely N-dealkylation sites (tertiary alicyclic amines) is 1. The summed E-state index contributed by atoms with van der Waals surface area (Å²) >= 11 is -1.94. The first-order valence-corrected chi connectivity index (χ1v) is 7.48. The zero-order valence-electron chi connectivity index (χ0n) is 10.9. The summed E-state index contributed by atoms with van der Waals surface area (Å²) in [6, 6.07) is 0.563. The van der Waals surface area contributed by atoms with E-state index < -0.39 is 11.1 Å². The van der Waals surface area contributed by atoms with Crippen molar-refractivity contribution in [1.82, 2.24) is 15.1 Å². The van der Waals surface area contributed by atoms with Gasteiger partial charge in [0.25, 0.3) is 0 Å². The third-order valence-corrected chi connectivity index (χ3v) is 3.67. The molecule has 1 heterocycles. The first kappa shape index (κ1) is 15.0. The SMILES string of the molecule is CN(C)CCCNC1CCN(CS(=O)[O-])CC1. The number of hydrogen-bond acceptors (Lipinski definition) is 5. The van der Waals surface area contributed by atoms with Gasteiger partial charge in [0, 0.05) is 19.1 Å². The Morgan fingerprint density at radius 2 is 2.06 bits per heavy atom. The lowest BCUT2D eigenvalue weighted by Gasteiger charge is -2.32. The quantitative estimate of drug-likeness (QED) is 0.510. The zero-order chi connectivity index (χ0) is 12.7. The second-order valence-electron chi connectivity index (χ2n) is 4.94. The molecule has 0 radical (unpaired) electrons. The summed E-state index contributed by atoms with van der Waals surface area (Å²) < 4.78 is 21.1. The first-order valence-electron chi connectivity index (χ1n) is 6.24. The Morgan fingerprint density at radius 1 is 1.41 bits per heavy atom. The van der Waals surface area contributed by atoms with Crippen LogP contribution in [-0.2, 0) is 11.1 Å². The van der Waals surface area contributed by atoms with Crippen LogP contribution in [0, 0.1) is 0 Å². The molecule has 102 valence electrons. The van der Waals surface area contributed by atoms with E-state index in [9.17, 15) is 8.76 Å². The van der Waals surface area contributed by atoms with Gasteiger partial charge >= 0.3 is 0 Å². The average molecular weight is 262 g/mol. The molecule has 1 aliphatic heterocycles. The highest BCUT2D eigenvalue weighted by molar-refractivity contribution is 7.79. The van der Waals surface area contributed by atoms with Gasteiger partial charge in [0.2, 0.25) is 0 Å². The number of hydrogen-bond donors (Lipinski definition) is 1. The minimum Gasteiger partial charge on any atom is -0.771 e. The fourth-order valence-electron chi connectivity index (χ4n) is 2.12. The summed E-state index contributed by atoms with van der Waals surface area (Å²) in [6.45, 7) is 3.94. The van der Waals surface area contributed by atoms with Gasteiger partial charge in [0.1, 0.15) is 0 Å². The van der Waals surface area contributed by atoms with Gasteiger partial charge in [-0.2, -0.15) is 0 Å². The van der Waals surface area contributed by atoms with Gasteiger partial charge in [0.05, 0.1) is 5.88 Å². The van der Waals surface area contributed by atoms with Crippen LogP contribution < -0.4 is 5.32 Å². The van der Waals surface area contributed by atoms with Crippen molar-refractivity contribution >= 4 is 11.1 Å². The maximum absolute atomic E-state index is 10.6. The van der Waals surface area contributed by atoms with Crippen LogP contribution in [0.5, 0.6) is 0 Å². The Labute approximate surface area is 107 Å². The Hall–Kier alpha value is -0.0100. The highest BCUT2D eigenvalue weighted by Crippen LogP contribution is 2.10. The lowest BCUT2D eigenvalue weighted by atomic mass is 10.1. The van der Waals surface area contributed by atoms with Gasteiger partial charge in [-0.3, -0.25) is 9.11 Å². The predicted molar refractivity (Wildman–Crippen MR) is 69.6 cm³/mol. The summed E-state index contributed by atoms with van der Waals surface area (Å²) in [5, 5.41) is 3.54. The fraction of sp³-hybridized carbons (Fsp3) is 1.00. The molecule has 5 nitrogen and oxygen atoms in total. The van der Waals surface area contributed by atoms with Crippen molar-refractivity contribution in [3.63, 3.8) is 0 Å². The van der Waals surface area contributed by atoms with Crippen molar-refractivity contribution in [2.75, 3.05) is 46.2 Å². The molecule has 0 aromatic heterocycles. The number of rotatable bonds is 7. The van der Waals surface area contributed by atoms with Crippen LogP contribution in [-0.4, -0.2) is 70.8 Å². The third kappa shape index (κ3) is 7.10. The molecule has 0 aromatic rings. The van der Waals surface area contributed by atoms with Crippen LogP contribution in [0.4, 0.5) is 0 Å². The van der Waals surface area contributed by atoms with Gasteiger partial charge in [-0.1, -0.05) is 0 Å². The molecule has 0 amide bonds. The molecular formula is C11H24N3O2S-. The molecule has 1 unspecified atom stereocenters. The lowest BCUT2D eigenvalue weighted by Crippen LogP contribution is -2.43. The average Bonchev–Trinajstić information content (AvgIpc) is 2.25. The predicted octanol–water partition coefficient (Wildman–Crippen LogP) is -0.171. The molecule has 0 spiro atoms. The zero-order valence-corrected chi connectivity index (χ0v) is 11.7. The van der Waals surface area contributed by atoms with E-state index in [0.717, 1.165) is 45.4 Å². The van der Waals surface area contributed by atoms with Crippen molar-refractivity contribution in [1.29, 1.82) is 0 Å². The molecule has 1 atom stereocenters. The molecule has 17 heavy (non-hydrogen) atoms. The van der Waals surface area contributed by atoms with Crippen LogP contribution in [0.2, 0.25) is 0 Å². The minimum absolute atomic E-state index is 0.188. The Morgan fingerprint density at radius 3 is 2.59 bits per heavy atom. The van der Waals surface area contributed by atoms with Gasteiger partial charge in [-0.05, 0) is 57.5 Å². The summed E-state index contributed by atoms with van der Waals surface area (Å²) in [4.78, 5) is 4.19. The molecule has 0 bridgehead atoms. The highest BCUT2D eigenvalue weighted by atomic mass is 32.2. The molecule has 0 aromatic carbocycles. The summed E-state index contributed by atoms with van der Waals surface area (Å²) in [5.74, 6) is 0.188. The second-order valence-corrected chi connectivity index (χ2v) is 5.80. The molecule has 1 fully saturated rings. The van der Waals surface area contributed by atoms with E-state index >= 15 is 0 Å². The van der Waals surface area contributed by atoms with Gasteiger partial charge in [-0.25, -0.2) is 0 Å². The van der Waals surface area contributed by atoms with Gasteiger partial charge in [0.15, 0.2) is 0 Å². The lowest BCUT2D eigenvalue weighted by molar-refractivity contribution is 0.220. The standard InChI is InChI=1S/C11H25N3O2S/c1-13(2)7-3-6-12-11-4-8-14(9-5-11)10-17(15)16/h11-12H,3-10H2,1-2H3,(H,15,16)/p-1. The van der Waals surface area contributed by atoms with Crippen molar-refractivity contribution in [2.45, 2.75) is 25.3 Å². The smallest absolute Gasteiger partial charge is 0.0613 e. The van der Waals surface area contributed by atoms with Crippen molar-refractivity contribution in [3.05, 3.63) is 0 Å². The van der Waals surface area contributed by atoms with Crippen LogP contribution in [0.1, 0.15) is 19.3 Å². The van der Waals surface area contributed by atoms with Crippen LogP contribution >= 0.6 is 0 Å². The van der Waals surface area contributed by atoms with E-state index in [2.05, 4.69) is 24.3 Å². The Kier molecular flexibility index (Phi) is 7.22. The van der Waals surface area contributed by atoms with Gasteiger partial charge < -0.3 is 14.8 Å². The largest absolute Gasteiger partial charge is 0.771 e. The molecule has 1 aliphatic rings. The monoisotopic (exact) mass is 262 g/mol. The molecule has 0 saturated carbocycles. The maximum Gasteiger partial charge on any atom is 0.0613 e. The normalized spacial score (nSPS) is 20.9. The number of piperidine rings is 1. The van der Waals surface area contributed by atoms with E-state index in [4.69, 9.17) is 0 Å². The minimum atomic E-state index is -1.94. The first-order chi connectivity index (χ1) is 8.08. The van der Waals surface area contributed by atoms with E-state index in [0.29, 0.717) is 6.04 Å². The Bertz CT molecular complexity index is 231. The number of nitrogens with zero attached hydrogens (tertiary/aromatic N) is 2. The van der Waals surface area contributed by atoms with E-state index in [1.165, 1.54) is 0 Å². The van der Waals surface area contributed by atoms with Crippen LogP contribution in [0.25, 0.3) is 0 Å². The van der Waals surface area contributed by atoms with Crippen LogP contribution in [0.3, 0.4) is 0 Å². The van der Waals surface area contributed by atoms with Crippen molar-refractivity contribution < 1.29 is 8.76 Å². The van der Waals surface area contributed by atoms with E-state index in [1.807, 2.05) is 4.90 Å². The molecule has 0 aliphatic carbocycles. The summed E-state index contributed by atoms with van der Waals surface area (Å²) in [5.41, 5.74) is 0. The number of nitrogens with one attached hydrogen (secondary N) is 1. The maximum atomic E-state index is 10.6. The topological polar surface area (TPSA) is 58.6 Å². The van der Waals surface area contributed by atoms with E-state index in [-0.39, 0.29) is 5.88 Å². The third-order valence-electron chi connectivity index (χ3n) is 3.09. The summed E-state index contributed by atoms with van der Waals surface area (Å²) in [6.07, 6.45) is 3.27. The summed E-state index contributed by atoms with van der Waals surface area (Å²) in [7, 11) is 4.17. The van der Waals surface area contributed by atoms with Crippen LogP contribution in [0.15, 0.2) is 0 Å². The molecule has 6 heteroatoms. The molecule has 1 saturated heterocycles.